The van der Waals surface area contributed by atoms with Crippen LogP contribution in [0.2, 0.25) is 0 Å². The Morgan fingerprint density at radius 2 is 2.04 bits per heavy atom. The van der Waals surface area contributed by atoms with E-state index in [9.17, 15) is 23.1 Å². The molecule has 130 valence electrons. The highest BCUT2D eigenvalue weighted by molar-refractivity contribution is 8.00. The van der Waals surface area contributed by atoms with Gasteiger partial charge in [-0.05, 0) is 43.0 Å². The number of alkyl halides is 3. The molecule has 1 heterocycles. The summed E-state index contributed by atoms with van der Waals surface area (Å²) in [6.45, 7) is 1.56. The van der Waals surface area contributed by atoms with Crippen molar-refractivity contribution in [1.29, 1.82) is 0 Å². The molecule has 0 radical (unpaired) electrons. The minimum atomic E-state index is -4.78. The molecule has 11 heteroatoms. The summed E-state index contributed by atoms with van der Waals surface area (Å²) in [7, 11) is 1.50. The van der Waals surface area contributed by atoms with Gasteiger partial charge in [-0.15, -0.1) is 13.2 Å². The third kappa shape index (κ3) is 4.78. The number of nitrogens with zero attached hydrogens (tertiary/aromatic N) is 2. The summed E-state index contributed by atoms with van der Waals surface area (Å²) in [5, 5.41) is 16.8. The highest BCUT2D eigenvalue weighted by Crippen LogP contribution is 2.27. The van der Waals surface area contributed by atoms with E-state index in [-0.39, 0.29) is 5.03 Å². The van der Waals surface area contributed by atoms with Crippen LogP contribution < -0.4 is 19.8 Å². The Kier molecular flexibility index (Phi) is 5.22. The third-order valence-electron chi connectivity index (χ3n) is 2.73. The van der Waals surface area contributed by atoms with Crippen LogP contribution in [-0.2, 0) is 11.8 Å². The smallest absolute Gasteiger partial charge is 0.538 e. The highest BCUT2D eigenvalue weighted by Gasteiger charge is 2.31. The number of nitrogens with one attached hydrogen (secondary N) is 1. The summed E-state index contributed by atoms with van der Waals surface area (Å²) in [4.78, 5) is 12.1. The van der Waals surface area contributed by atoms with Gasteiger partial charge in [-0.1, -0.05) is 4.68 Å². The predicted molar refractivity (Wildman–Crippen MR) is 74.2 cm³/mol. The Labute approximate surface area is 138 Å². The van der Waals surface area contributed by atoms with Crippen LogP contribution in [-0.4, -0.2) is 22.8 Å². The van der Waals surface area contributed by atoms with E-state index in [1.165, 1.54) is 23.9 Å². The molecule has 1 aromatic heterocycles. The Bertz CT molecular complexity index is 699. The lowest BCUT2D eigenvalue weighted by molar-refractivity contribution is -0.772. The summed E-state index contributed by atoms with van der Waals surface area (Å²) in [5.74, 6) is -1.49. The summed E-state index contributed by atoms with van der Waals surface area (Å²) >= 11 is 0.951. The van der Waals surface area contributed by atoms with E-state index in [4.69, 9.17) is 0 Å². The number of amides is 1. The number of carbonyl (C=O) groups excluding carboxylic acids is 1. The van der Waals surface area contributed by atoms with Crippen LogP contribution in [0.3, 0.4) is 0 Å². The van der Waals surface area contributed by atoms with E-state index in [2.05, 4.69) is 19.8 Å². The van der Waals surface area contributed by atoms with Crippen molar-refractivity contribution in [2.45, 2.75) is 23.6 Å². The van der Waals surface area contributed by atoms with Gasteiger partial charge >= 0.3 is 6.36 Å². The van der Waals surface area contributed by atoms with E-state index < -0.39 is 29.2 Å². The Hall–Kier alpha value is -2.43. The molecule has 0 saturated heterocycles. The number of anilines is 1. The monoisotopic (exact) mass is 363 g/mol. The first-order valence-electron chi connectivity index (χ1n) is 6.52. The maximum absolute atomic E-state index is 12.1. The lowest BCUT2D eigenvalue weighted by Gasteiger charge is -2.12. The van der Waals surface area contributed by atoms with Crippen molar-refractivity contribution in [3.63, 3.8) is 0 Å². The summed E-state index contributed by atoms with van der Waals surface area (Å²) in [6.07, 6.45) is -4.78. The van der Waals surface area contributed by atoms with Gasteiger partial charge in [0.05, 0.1) is 10.5 Å². The molecule has 2 aromatic rings. The molecule has 7 nitrogen and oxygen atoms in total. The van der Waals surface area contributed by atoms with Gasteiger partial charge in [0.1, 0.15) is 5.75 Å². The normalized spacial score (nSPS) is 12.7. The molecule has 24 heavy (non-hydrogen) atoms. The second-order valence-corrected chi connectivity index (χ2v) is 5.94. The van der Waals surface area contributed by atoms with Crippen molar-refractivity contribution in [1.82, 2.24) is 5.27 Å². The van der Waals surface area contributed by atoms with Crippen molar-refractivity contribution in [3.8, 4) is 11.7 Å². The zero-order chi connectivity index (χ0) is 17.9. The van der Waals surface area contributed by atoms with Gasteiger partial charge < -0.3 is 19.7 Å². The van der Waals surface area contributed by atoms with Crippen LogP contribution in [0, 0.1) is 0 Å². The number of benzene rings is 1. The number of thioether (sulfide) groups is 1. The number of hydrogen-bond acceptors (Lipinski definition) is 6. The lowest BCUT2D eigenvalue weighted by atomic mass is 10.3. The van der Waals surface area contributed by atoms with Crippen LogP contribution in [0.4, 0.5) is 18.9 Å². The Morgan fingerprint density at radius 1 is 1.42 bits per heavy atom. The number of halogens is 3. The maximum Gasteiger partial charge on any atom is 0.573 e. The molecule has 0 aliphatic rings. The fraction of sp³-hybridized carbons (Fsp3) is 0.308. The average Bonchev–Trinajstić information content (AvgIpc) is 2.79. The van der Waals surface area contributed by atoms with Crippen molar-refractivity contribution in [2.24, 2.45) is 7.05 Å². The number of aryl methyl sites for hydroxylation is 1. The molecule has 0 aliphatic carbocycles. The highest BCUT2D eigenvalue weighted by atomic mass is 32.2. The van der Waals surface area contributed by atoms with Crippen LogP contribution in [0.1, 0.15) is 6.92 Å². The van der Waals surface area contributed by atoms with Crippen molar-refractivity contribution in [2.75, 3.05) is 5.32 Å². The van der Waals surface area contributed by atoms with Crippen LogP contribution in [0.15, 0.2) is 33.8 Å². The first-order chi connectivity index (χ1) is 11.2. The van der Waals surface area contributed by atoms with Gasteiger partial charge in [-0.3, -0.25) is 4.79 Å². The molecule has 0 bridgehead atoms. The zero-order valence-corrected chi connectivity index (χ0v) is 13.3. The first-order valence-corrected chi connectivity index (χ1v) is 7.40. The van der Waals surface area contributed by atoms with Gasteiger partial charge in [-0.2, -0.15) is 0 Å². The van der Waals surface area contributed by atoms with Crippen LogP contribution >= 0.6 is 11.8 Å². The molecule has 0 fully saturated rings. The first kappa shape index (κ1) is 17.9. The number of rotatable bonds is 5. The predicted octanol–water partition coefficient (Wildman–Crippen LogP) is 1.59. The molecule has 1 N–H and O–H groups in total. The van der Waals surface area contributed by atoms with Gasteiger partial charge in [0.2, 0.25) is 5.91 Å². The number of ether oxygens (including phenoxy) is 1. The zero-order valence-electron chi connectivity index (χ0n) is 12.5. The Balaban J connectivity index is 1.96. The third-order valence-corrected chi connectivity index (χ3v) is 3.95. The molecule has 1 unspecified atom stereocenters. The van der Waals surface area contributed by atoms with E-state index in [0.29, 0.717) is 5.69 Å². The quantitative estimate of drug-likeness (QED) is 0.641. The second kappa shape index (κ2) is 6.99. The minimum absolute atomic E-state index is 0.159. The molecule has 2 rings (SSSR count). The lowest BCUT2D eigenvalue weighted by Crippen LogP contribution is -2.33. The molecule has 0 spiro atoms. The van der Waals surface area contributed by atoms with E-state index >= 15 is 0 Å². The minimum Gasteiger partial charge on any atom is -0.538 e. The largest absolute Gasteiger partial charge is 0.573 e. The van der Waals surface area contributed by atoms with Gasteiger partial charge in [0, 0.05) is 5.69 Å². The van der Waals surface area contributed by atoms with Gasteiger partial charge in [0.15, 0.2) is 13.0 Å². The van der Waals surface area contributed by atoms with E-state index in [1.807, 2.05) is 0 Å². The van der Waals surface area contributed by atoms with Gasteiger partial charge in [0.25, 0.3) is 5.03 Å². The number of carbonyl (C=O) groups is 1. The standard InChI is InChI=1S/C13H12F3N3O4S/c1-7(24-11-12(21)23-18-19(11)2)10(20)17-8-3-5-9(6-4-8)22-13(14,15)16/h3-7H,1-2H3,(H-,17,18,20,21). The summed E-state index contributed by atoms with van der Waals surface area (Å²) in [6, 6.07) is 4.71. The topological polar surface area (TPSA) is 91.3 Å². The van der Waals surface area contributed by atoms with Crippen LogP contribution in [0.5, 0.6) is 11.7 Å². The van der Waals surface area contributed by atoms with E-state index in [1.54, 1.807) is 6.92 Å². The summed E-state index contributed by atoms with van der Waals surface area (Å²) < 4.78 is 45.6. The maximum atomic E-state index is 12.1. The average molecular weight is 363 g/mol. The SMILES string of the molecule is CC(Sc1c([O-])on[n+]1C)C(=O)Nc1ccc(OC(F)(F)F)cc1. The van der Waals surface area contributed by atoms with Crippen molar-refractivity contribution in [3.05, 3.63) is 24.3 Å². The molecule has 0 saturated carbocycles. The van der Waals surface area contributed by atoms with Crippen molar-refractivity contribution < 1.29 is 37.0 Å². The molecule has 0 aliphatic heterocycles. The van der Waals surface area contributed by atoms with Crippen molar-refractivity contribution >= 4 is 23.4 Å². The molecular formula is C13H12F3N3O4S. The van der Waals surface area contributed by atoms with E-state index in [0.717, 1.165) is 23.9 Å². The fourth-order valence-corrected chi connectivity index (χ4v) is 2.46. The second-order valence-electron chi connectivity index (χ2n) is 4.61. The number of aromatic nitrogens is 2. The van der Waals surface area contributed by atoms with Crippen LogP contribution in [0.25, 0.3) is 0 Å². The van der Waals surface area contributed by atoms with Gasteiger partial charge in [-0.25, -0.2) is 0 Å². The fourth-order valence-electron chi connectivity index (χ4n) is 1.64. The molecule has 1 aromatic carbocycles. The molecule has 1 amide bonds. The number of hydrogen-bond donors (Lipinski definition) is 1. The Morgan fingerprint density at radius 3 is 2.54 bits per heavy atom. The molecule has 1 atom stereocenters. The summed E-state index contributed by atoms with van der Waals surface area (Å²) in [5.41, 5.74) is 0.291. The molecular weight excluding hydrogens is 351 g/mol.